The number of carboxylic acid groups (broad SMARTS) is 1. The van der Waals surface area contributed by atoms with E-state index in [0.717, 1.165) is 39.1 Å². The minimum atomic E-state index is -0.623. The third-order valence-electron chi connectivity index (χ3n) is 5.74. The summed E-state index contributed by atoms with van der Waals surface area (Å²) in [4.78, 5) is 16.0. The van der Waals surface area contributed by atoms with E-state index in [1.54, 1.807) is 0 Å². The second-order valence-electron chi connectivity index (χ2n) is 7.50. The minimum Gasteiger partial charge on any atom is -0.481 e. The molecule has 2 aromatic rings. The van der Waals surface area contributed by atoms with Crippen LogP contribution in [-0.2, 0) is 4.79 Å². The summed E-state index contributed by atoms with van der Waals surface area (Å²) in [5, 5.41) is 9.09. The van der Waals surface area contributed by atoms with E-state index in [2.05, 4.69) is 70.5 Å². The second kappa shape index (κ2) is 7.60. The molecule has 0 aromatic heterocycles. The molecule has 1 heterocycles. The van der Waals surface area contributed by atoms with Crippen LogP contribution < -0.4 is 0 Å². The summed E-state index contributed by atoms with van der Waals surface area (Å²) in [5.41, 5.74) is 2.67. The molecule has 1 aliphatic carbocycles. The van der Waals surface area contributed by atoms with E-state index in [1.807, 2.05) is 0 Å². The molecular weight excluding hydrogens is 324 g/mol. The van der Waals surface area contributed by atoms with Crippen molar-refractivity contribution in [3.8, 4) is 0 Å². The van der Waals surface area contributed by atoms with Gasteiger partial charge in [0, 0.05) is 32.7 Å². The van der Waals surface area contributed by atoms with Gasteiger partial charge in [-0.05, 0) is 23.5 Å². The average Bonchev–Trinajstić information content (AvgIpc) is 3.45. The third-order valence-corrected chi connectivity index (χ3v) is 5.74. The van der Waals surface area contributed by atoms with Crippen molar-refractivity contribution in [3.05, 3.63) is 71.8 Å². The van der Waals surface area contributed by atoms with Gasteiger partial charge in [-0.25, -0.2) is 0 Å². The third kappa shape index (κ3) is 3.81. The Balaban J connectivity index is 1.43. The number of aliphatic carboxylic acids is 1. The number of benzene rings is 2. The maximum absolute atomic E-state index is 11.0. The normalized spacial score (nSPS) is 23.9. The zero-order chi connectivity index (χ0) is 17.9. The maximum Gasteiger partial charge on any atom is 0.306 e. The summed E-state index contributed by atoms with van der Waals surface area (Å²) in [6.07, 6.45) is 0.853. The van der Waals surface area contributed by atoms with Crippen molar-refractivity contribution in [3.63, 3.8) is 0 Å². The zero-order valence-corrected chi connectivity index (χ0v) is 15.0. The van der Waals surface area contributed by atoms with Crippen molar-refractivity contribution < 1.29 is 9.90 Å². The molecule has 0 amide bonds. The summed E-state index contributed by atoms with van der Waals surface area (Å²) in [6, 6.07) is 21.7. The lowest BCUT2D eigenvalue weighted by atomic mass is 9.96. The van der Waals surface area contributed by atoms with Crippen molar-refractivity contribution >= 4 is 5.97 Å². The van der Waals surface area contributed by atoms with E-state index in [1.165, 1.54) is 11.1 Å². The number of rotatable bonds is 6. The molecule has 1 saturated heterocycles. The van der Waals surface area contributed by atoms with Crippen molar-refractivity contribution in [1.82, 2.24) is 9.80 Å². The van der Waals surface area contributed by atoms with Crippen LogP contribution in [-0.4, -0.2) is 53.6 Å². The Morgan fingerprint density at radius 1 is 0.923 bits per heavy atom. The Bertz CT molecular complexity index is 687. The predicted octanol–water partition coefficient (Wildman–Crippen LogP) is 3.11. The Morgan fingerprint density at radius 2 is 1.46 bits per heavy atom. The first-order chi connectivity index (χ1) is 12.7. The molecule has 2 atom stereocenters. The van der Waals surface area contributed by atoms with Crippen LogP contribution in [0.3, 0.4) is 0 Å². The van der Waals surface area contributed by atoms with Crippen LogP contribution in [0, 0.1) is 11.8 Å². The van der Waals surface area contributed by atoms with Gasteiger partial charge in [-0.15, -0.1) is 0 Å². The van der Waals surface area contributed by atoms with E-state index >= 15 is 0 Å². The van der Waals surface area contributed by atoms with Crippen molar-refractivity contribution in [1.29, 1.82) is 0 Å². The Hall–Kier alpha value is -2.17. The quantitative estimate of drug-likeness (QED) is 0.869. The number of piperazine rings is 1. The maximum atomic E-state index is 11.0. The molecule has 1 saturated carbocycles. The van der Waals surface area contributed by atoms with Crippen LogP contribution in [0.1, 0.15) is 23.6 Å². The molecule has 4 nitrogen and oxygen atoms in total. The first kappa shape index (κ1) is 17.3. The molecule has 1 N–H and O–H groups in total. The number of carboxylic acids is 1. The summed E-state index contributed by atoms with van der Waals surface area (Å²) >= 11 is 0. The highest BCUT2D eigenvalue weighted by molar-refractivity contribution is 5.73. The Kier molecular flexibility index (Phi) is 5.05. The van der Waals surface area contributed by atoms with Gasteiger partial charge in [0.2, 0.25) is 0 Å². The van der Waals surface area contributed by atoms with Gasteiger partial charge in [0.1, 0.15) is 0 Å². The van der Waals surface area contributed by atoms with E-state index in [-0.39, 0.29) is 12.0 Å². The summed E-state index contributed by atoms with van der Waals surface area (Å²) in [7, 11) is 0. The lowest BCUT2D eigenvalue weighted by Gasteiger charge is -2.40. The fourth-order valence-corrected chi connectivity index (χ4v) is 4.17. The van der Waals surface area contributed by atoms with Crippen LogP contribution in [0.4, 0.5) is 0 Å². The van der Waals surface area contributed by atoms with Gasteiger partial charge in [-0.2, -0.15) is 0 Å². The molecule has 136 valence electrons. The SMILES string of the molecule is O=C(O)C1CC1CN1CCN(C(c2ccccc2)c2ccccc2)CC1. The van der Waals surface area contributed by atoms with Crippen LogP contribution in [0.25, 0.3) is 0 Å². The summed E-state index contributed by atoms with van der Waals surface area (Å²) in [5.74, 6) is -0.366. The number of hydrogen-bond donors (Lipinski definition) is 1. The average molecular weight is 350 g/mol. The molecule has 4 heteroatoms. The number of nitrogens with zero attached hydrogens (tertiary/aromatic N) is 2. The van der Waals surface area contributed by atoms with Gasteiger partial charge in [0.05, 0.1) is 12.0 Å². The van der Waals surface area contributed by atoms with Gasteiger partial charge in [0.25, 0.3) is 0 Å². The fraction of sp³-hybridized carbons (Fsp3) is 0.409. The molecule has 4 rings (SSSR count). The molecule has 0 radical (unpaired) electrons. The van der Waals surface area contributed by atoms with Crippen LogP contribution in [0.5, 0.6) is 0 Å². The molecule has 2 aromatic carbocycles. The Morgan fingerprint density at radius 3 is 1.92 bits per heavy atom. The summed E-state index contributed by atoms with van der Waals surface area (Å²) in [6.45, 7) is 4.99. The van der Waals surface area contributed by atoms with E-state index in [9.17, 15) is 4.79 Å². The van der Waals surface area contributed by atoms with Gasteiger partial charge < -0.3 is 10.0 Å². The number of carbonyl (C=O) groups is 1. The van der Waals surface area contributed by atoms with E-state index in [0.29, 0.717) is 5.92 Å². The van der Waals surface area contributed by atoms with Crippen molar-refractivity contribution in [2.75, 3.05) is 32.7 Å². The highest BCUT2D eigenvalue weighted by Gasteiger charge is 2.44. The highest BCUT2D eigenvalue weighted by atomic mass is 16.4. The zero-order valence-electron chi connectivity index (χ0n) is 15.0. The molecule has 1 aliphatic heterocycles. The van der Waals surface area contributed by atoms with E-state index in [4.69, 9.17) is 5.11 Å². The summed E-state index contributed by atoms with van der Waals surface area (Å²) < 4.78 is 0. The monoisotopic (exact) mass is 350 g/mol. The van der Waals surface area contributed by atoms with Crippen LogP contribution in [0.15, 0.2) is 60.7 Å². The second-order valence-corrected chi connectivity index (χ2v) is 7.50. The molecule has 2 aliphatic rings. The molecule has 26 heavy (non-hydrogen) atoms. The topological polar surface area (TPSA) is 43.8 Å². The van der Waals surface area contributed by atoms with Crippen molar-refractivity contribution in [2.45, 2.75) is 12.5 Å². The first-order valence-electron chi connectivity index (χ1n) is 9.51. The molecule has 2 unspecified atom stereocenters. The lowest BCUT2D eigenvalue weighted by Crippen LogP contribution is -2.48. The molecule has 0 spiro atoms. The minimum absolute atomic E-state index is 0.102. The van der Waals surface area contributed by atoms with Crippen LogP contribution >= 0.6 is 0 Å². The van der Waals surface area contributed by atoms with Gasteiger partial charge >= 0.3 is 5.97 Å². The molecule has 0 bridgehead atoms. The molecule has 2 fully saturated rings. The Labute approximate surface area is 155 Å². The smallest absolute Gasteiger partial charge is 0.306 e. The fourth-order valence-electron chi connectivity index (χ4n) is 4.17. The first-order valence-corrected chi connectivity index (χ1v) is 9.51. The van der Waals surface area contributed by atoms with Crippen LogP contribution in [0.2, 0.25) is 0 Å². The number of hydrogen-bond acceptors (Lipinski definition) is 3. The largest absolute Gasteiger partial charge is 0.481 e. The van der Waals surface area contributed by atoms with Gasteiger partial charge in [0.15, 0.2) is 0 Å². The van der Waals surface area contributed by atoms with Gasteiger partial charge in [-0.1, -0.05) is 60.7 Å². The molecular formula is C22H26N2O2. The van der Waals surface area contributed by atoms with Crippen molar-refractivity contribution in [2.24, 2.45) is 11.8 Å². The highest BCUT2D eigenvalue weighted by Crippen LogP contribution is 2.39. The van der Waals surface area contributed by atoms with E-state index < -0.39 is 5.97 Å². The van der Waals surface area contributed by atoms with Gasteiger partial charge in [-0.3, -0.25) is 9.69 Å². The predicted molar refractivity (Wildman–Crippen MR) is 102 cm³/mol. The lowest BCUT2D eigenvalue weighted by molar-refractivity contribution is -0.138. The standard InChI is InChI=1S/C22H26N2O2/c25-22(26)20-15-19(20)16-23-11-13-24(14-12-23)21(17-7-3-1-4-8-17)18-9-5-2-6-10-18/h1-10,19-21H,11-16H2,(H,25,26).